The molecule has 2 aromatic rings. The summed E-state index contributed by atoms with van der Waals surface area (Å²) in [6.45, 7) is 3.26. The van der Waals surface area contributed by atoms with Crippen molar-refractivity contribution in [2.45, 2.75) is 31.6 Å². The van der Waals surface area contributed by atoms with Crippen LogP contribution in [-0.4, -0.2) is 55.4 Å². The Morgan fingerprint density at radius 1 is 0.968 bits per heavy atom. The number of hydrogen-bond donors (Lipinski definition) is 1. The lowest BCUT2D eigenvalue weighted by Gasteiger charge is -2.37. The second-order valence-electron chi connectivity index (χ2n) is 7.78. The number of ether oxygens (including phenoxy) is 3. The van der Waals surface area contributed by atoms with Gasteiger partial charge in [0.05, 0.1) is 26.2 Å². The summed E-state index contributed by atoms with van der Waals surface area (Å²) in [6, 6.07) is 16.8. The number of likely N-dealkylation sites (tertiary alicyclic amines) is 1. The molecule has 2 aromatic carbocycles. The third-order valence-electron chi connectivity index (χ3n) is 5.66. The third-order valence-corrected chi connectivity index (χ3v) is 5.66. The van der Waals surface area contributed by atoms with Gasteiger partial charge in [0.25, 0.3) is 5.91 Å². The molecule has 2 aliphatic rings. The van der Waals surface area contributed by atoms with Crippen molar-refractivity contribution in [2.75, 3.05) is 32.9 Å². The minimum absolute atomic E-state index is 0.0153. The maximum atomic E-state index is 12.8. The fraction of sp³-hybridized carbons (Fsp3) is 0.417. The number of hydrogen-bond acceptors (Lipinski definition) is 5. The summed E-state index contributed by atoms with van der Waals surface area (Å²) >= 11 is 0. The molecule has 7 heteroatoms. The molecule has 2 saturated heterocycles. The average molecular weight is 424 g/mol. The fourth-order valence-corrected chi connectivity index (χ4v) is 3.85. The first kappa shape index (κ1) is 21.3. The minimum Gasteiger partial charge on any atom is -0.493 e. The van der Waals surface area contributed by atoms with E-state index in [1.807, 2.05) is 59.5 Å². The molecule has 0 unspecified atom stereocenters. The van der Waals surface area contributed by atoms with Crippen LogP contribution in [0.2, 0.25) is 0 Å². The first-order chi connectivity index (χ1) is 15.1. The molecule has 0 radical (unpaired) electrons. The highest BCUT2D eigenvalue weighted by Crippen LogP contribution is 2.31. The molecule has 0 saturated carbocycles. The van der Waals surface area contributed by atoms with E-state index >= 15 is 0 Å². The second-order valence-corrected chi connectivity index (χ2v) is 7.78. The van der Waals surface area contributed by atoms with Gasteiger partial charge in [-0.2, -0.15) is 0 Å². The molecule has 2 aliphatic heterocycles. The van der Waals surface area contributed by atoms with E-state index in [9.17, 15) is 9.59 Å². The van der Waals surface area contributed by atoms with E-state index in [-0.39, 0.29) is 18.2 Å². The maximum Gasteiger partial charge on any atom is 0.253 e. The molecule has 4 rings (SSSR count). The van der Waals surface area contributed by atoms with Crippen LogP contribution in [0, 0.1) is 0 Å². The second kappa shape index (κ2) is 9.94. The summed E-state index contributed by atoms with van der Waals surface area (Å²) in [7, 11) is 0. The van der Waals surface area contributed by atoms with E-state index in [0.717, 1.165) is 11.3 Å². The Balaban J connectivity index is 1.19. The minimum atomic E-state index is -0.481. The van der Waals surface area contributed by atoms with Crippen molar-refractivity contribution >= 4 is 11.8 Å². The van der Waals surface area contributed by atoms with E-state index in [1.165, 1.54) is 0 Å². The number of carbonyl (C=O) groups excluding carboxylic acids is 2. The van der Waals surface area contributed by atoms with Gasteiger partial charge in [-0.15, -0.1) is 0 Å². The average Bonchev–Trinajstić information content (AvgIpc) is 3.27. The van der Waals surface area contributed by atoms with Gasteiger partial charge in [0, 0.05) is 38.0 Å². The van der Waals surface area contributed by atoms with Crippen molar-refractivity contribution < 1.29 is 23.8 Å². The predicted molar refractivity (Wildman–Crippen MR) is 115 cm³/mol. The van der Waals surface area contributed by atoms with Crippen LogP contribution in [0.15, 0.2) is 54.6 Å². The van der Waals surface area contributed by atoms with Gasteiger partial charge in [-0.25, -0.2) is 0 Å². The largest absolute Gasteiger partial charge is 0.493 e. The highest BCUT2D eigenvalue weighted by molar-refractivity contribution is 5.94. The number of para-hydroxylation sites is 1. The summed E-state index contributed by atoms with van der Waals surface area (Å²) in [5.41, 5.74) is 1.59. The lowest BCUT2D eigenvalue weighted by molar-refractivity contribution is -0.181. The maximum absolute atomic E-state index is 12.8. The Bertz CT molecular complexity index is 869. The molecule has 2 fully saturated rings. The topological polar surface area (TPSA) is 77.1 Å². The zero-order chi connectivity index (χ0) is 21.5. The van der Waals surface area contributed by atoms with Crippen molar-refractivity contribution in [1.82, 2.24) is 10.2 Å². The van der Waals surface area contributed by atoms with Crippen molar-refractivity contribution in [3.05, 3.63) is 65.7 Å². The lowest BCUT2D eigenvalue weighted by Crippen LogP contribution is -2.47. The normalized spacial score (nSPS) is 17.5. The molecule has 7 nitrogen and oxygen atoms in total. The van der Waals surface area contributed by atoms with Crippen molar-refractivity contribution in [1.29, 1.82) is 0 Å². The molecule has 0 bridgehead atoms. The first-order valence-electron chi connectivity index (χ1n) is 10.7. The highest BCUT2D eigenvalue weighted by atomic mass is 16.7. The van der Waals surface area contributed by atoms with Crippen LogP contribution >= 0.6 is 0 Å². The van der Waals surface area contributed by atoms with Gasteiger partial charge < -0.3 is 24.4 Å². The summed E-state index contributed by atoms with van der Waals surface area (Å²) < 4.78 is 17.0. The Labute approximate surface area is 182 Å². The molecule has 1 N–H and O–H groups in total. The van der Waals surface area contributed by atoms with Gasteiger partial charge in [0.1, 0.15) is 5.75 Å². The number of amides is 2. The van der Waals surface area contributed by atoms with Gasteiger partial charge in [0.2, 0.25) is 5.91 Å². The van der Waals surface area contributed by atoms with Crippen molar-refractivity contribution in [3.8, 4) is 5.75 Å². The van der Waals surface area contributed by atoms with Gasteiger partial charge in [0.15, 0.2) is 5.79 Å². The molecular formula is C24H28N2O5. The summed E-state index contributed by atoms with van der Waals surface area (Å²) in [5.74, 6) is 0.212. The zero-order valence-electron chi connectivity index (χ0n) is 17.5. The standard InChI is InChI=1S/C24H28N2O5/c27-22(10-15-29-21-4-2-1-3-5-21)25-18-19-6-8-20(9-7-19)23(28)26-13-11-24(12-14-26)30-16-17-31-24/h1-9H,10-18H2,(H,25,27). The predicted octanol–water partition coefficient (Wildman–Crippen LogP) is 2.75. The smallest absolute Gasteiger partial charge is 0.253 e. The Kier molecular flexibility index (Phi) is 6.84. The van der Waals surface area contributed by atoms with Crippen molar-refractivity contribution in [3.63, 3.8) is 0 Å². The number of nitrogens with one attached hydrogen (secondary N) is 1. The summed E-state index contributed by atoms with van der Waals surface area (Å²) in [5, 5.41) is 2.88. The SMILES string of the molecule is O=C(CCOc1ccccc1)NCc1ccc(C(=O)N2CCC3(CC2)OCCO3)cc1. The summed E-state index contributed by atoms with van der Waals surface area (Å²) in [4.78, 5) is 26.6. The van der Waals surface area contributed by atoms with Crippen LogP contribution in [0.1, 0.15) is 35.2 Å². The lowest BCUT2D eigenvalue weighted by atomic mass is 10.0. The number of rotatable bonds is 7. The van der Waals surface area contributed by atoms with Gasteiger partial charge >= 0.3 is 0 Å². The van der Waals surface area contributed by atoms with E-state index in [4.69, 9.17) is 14.2 Å². The zero-order valence-corrected chi connectivity index (χ0v) is 17.5. The number of piperidine rings is 1. The molecule has 0 aliphatic carbocycles. The molecule has 31 heavy (non-hydrogen) atoms. The third kappa shape index (κ3) is 5.62. The Hall–Kier alpha value is -2.90. The Morgan fingerprint density at radius 3 is 2.32 bits per heavy atom. The Morgan fingerprint density at radius 2 is 1.65 bits per heavy atom. The summed E-state index contributed by atoms with van der Waals surface area (Å²) in [6.07, 6.45) is 1.70. The highest BCUT2D eigenvalue weighted by Gasteiger charge is 2.40. The quantitative estimate of drug-likeness (QED) is 0.740. The van der Waals surface area contributed by atoms with Gasteiger partial charge in [-0.1, -0.05) is 30.3 Å². The van der Waals surface area contributed by atoms with Crippen LogP contribution in [0.5, 0.6) is 5.75 Å². The van der Waals surface area contributed by atoms with E-state index < -0.39 is 5.79 Å². The van der Waals surface area contributed by atoms with E-state index in [1.54, 1.807) is 0 Å². The molecule has 164 valence electrons. The van der Waals surface area contributed by atoms with Crippen LogP contribution in [-0.2, 0) is 20.8 Å². The van der Waals surface area contributed by atoms with E-state index in [2.05, 4.69) is 5.32 Å². The number of nitrogens with zero attached hydrogens (tertiary/aromatic N) is 1. The van der Waals surface area contributed by atoms with Gasteiger partial charge in [-0.05, 0) is 29.8 Å². The van der Waals surface area contributed by atoms with Crippen LogP contribution in [0.3, 0.4) is 0 Å². The fourth-order valence-electron chi connectivity index (χ4n) is 3.85. The van der Waals surface area contributed by atoms with Crippen LogP contribution < -0.4 is 10.1 Å². The van der Waals surface area contributed by atoms with E-state index in [0.29, 0.717) is 57.9 Å². The first-order valence-corrected chi connectivity index (χ1v) is 10.7. The van der Waals surface area contributed by atoms with Crippen molar-refractivity contribution in [2.24, 2.45) is 0 Å². The molecule has 2 amide bonds. The van der Waals surface area contributed by atoms with Gasteiger partial charge in [-0.3, -0.25) is 9.59 Å². The molecular weight excluding hydrogens is 396 g/mol. The molecule has 2 heterocycles. The molecule has 1 spiro atoms. The number of carbonyl (C=O) groups is 2. The molecule has 0 atom stereocenters. The van der Waals surface area contributed by atoms with Crippen LogP contribution in [0.4, 0.5) is 0 Å². The monoisotopic (exact) mass is 424 g/mol. The van der Waals surface area contributed by atoms with Crippen LogP contribution in [0.25, 0.3) is 0 Å². The molecule has 0 aromatic heterocycles. The number of benzene rings is 2.